The van der Waals surface area contributed by atoms with Crippen molar-refractivity contribution in [3.05, 3.63) is 29.3 Å². The third-order valence-corrected chi connectivity index (χ3v) is 4.64. The molecular weight excluding hydrogens is 262 g/mol. The quantitative estimate of drug-likeness (QED) is 0.829. The molecule has 2 saturated heterocycles. The van der Waals surface area contributed by atoms with E-state index < -0.39 is 0 Å². The number of halogens is 1. The molecule has 2 aliphatic heterocycles. The number of fused-ring (bicyclic) bond motifs is 1. The molecule has 0 saturated carbocycles. The molecule has 0 aromatic heterocycles. The Morgan fingerprint density at radius 2 is 2.21 bits per heavy atom. The van der Waals surface area contributed by atoms with Gasteiger partial charge in [-0.3, -0.25) is 0 Å². The highest BCUT2D eigenvalue weighted by atomic mass is 35.5. The van der Waals surface area contributed by atoms with Gasteiger partial charge in [-0.2, -0.15) is 0 Å². The van der Waals surface area contributed by atoms with Crippen molar-refractivity contribution < 1.29 is 4.79 Å². The molecule has 102 valence electrons. The van der Waals surface area contributed by atoms with Crippen molar-refractivity contribution >= 4 is 23.3 Å². The van der Waals surface area contributed by atoms with Crippen LogP contribution in [0.25, 0.3) is 0 Å². The van der Waals surface area contributed by atoms with Crippen LogP contribution in [0.4, 0.5) is 10.5 Å². The third-order valence-electron chi connectivity index (χ3n) is 4.31. The van der Waals surface area contributed by atoms with E-state index in [-0.39, 0.29) is 12.1 Å². The van der Waals surface area contributed by atoms with Gasteiger partial charge in [-0.05, 0) is 30.9 Å². The topological polar surface area (TPSA) is 44.4 Å². The lowest BCUT2D eigenvalue weighted by Crippen LogP contribution is -2.40. The lowest BCUT2D eigenvalue weighted by molar-refractivity contribution is 0.203. The Kier molecular flexibility index (Phi) is 3.37. The molecule has 2 aliphatic rings. The smallest absolute Gasteiger partial charge is 0.321 e. The van der Waals surface area contributed by atoms with Gasteiger partial charge in [0.2, 0.25) is 0 Å². The Bertz CT molecular complexity index is 493. The molecule has 0 bridgehead atoms. The Labute approximate surface area is 118 Å². The van der Waals surface area contributed by atoms with Gasteiger partial charge in [0.05, 0.1) is 10.7 Å². The van der Waals surface area contributed by atoms with Crippen LogP contribution in [0.1, 0.15) is 6.92 Å². The number of nitrogens with zero attached hydrogens (tertiary/aromatic N) is 1. The van der Waals surface area contributed by atoms with E-state index >= 15 is 0 Å². The lowest BCUT2D eigenvalue weighted by Gasteiger charge is -2.25. The number of benzene rings is 1. The highest BCUT2D eigenvalue weighted by molar-refractivity contribution is 6.33. The number of anilines is 1. The number of nitrogens with one attached hydrogen (secondary N) is 2. The van der Waals surface area contributed by atoms with Crippen LogP contribution in [-0.2, 0) is 0 Å². The summed E-state index contributed by atoms with van der Waals surface area (Å²) < 4.78 is 0. The van der Waals surface area contributed by atoms with Crippen LogP contribution < -0.4 is 10.6 Å². The number of hydrogen-bond donors (Lipinski definition) is 2. The normalized spacial score (nSPS) is 29.4. The van der Waals surface area contributed by atoms with Gasteiger partial charge in [-0.25, -0.2) is 4.79 Å². The summed E-state index contributed by atoms with van der Waals surface area (Å²) in [6.45, 7) is 4.99. The number of rotatable bonds is 1. The van der Waals surface area contributed by atoms with Crippen molar-refractivity contribution in [1.29, 1.82) is 0 Å². The molecule has 1 aromatic carbocycles. The fraction of sp³-hybridized carbons (Fsp3) is 0.500. The number of amides is 2. The van der Waals surface area contributed by atoms with Crippen LogP contribution >= 0.6 is 11.6 Å². The van der Waals surface area contributed by atoms with E-state index in [1.807, 2.05) is 23.1 Å². The number of carbonyl (C=O) groups is 1. The van der Waals surface area contributed by atoms with Crippen LogP contribution in [0, 0.1) is 11.8 Å². The first kappa shape index (κ1) is 12.8. The summed E-state index contributed by atoms with van der Waals surface area (Å²) in [4.78, 5) is 14.3. The summed E-state index contributed by atoms with van der Waals surface area (Å²) in [7, 11) is 0. The second kappa shape index (κ2) is 5.02. The van der Waals surface area contributed by atoms with Crippen LogP contribution in [0.3, 0.4) is 0 Å². The Morgan fingerprint density at radius 1 is 1.42 bits per heavy atom. The fourth-order valence-electron chi connectivity index (χ4n) is 3.19. The zero-order valence-electron chi connectivity index (χ0n) is 10.9. The lowest BCUT2D eigenvalue weighted by atomic mass is 9.95. The average molecular weight is 280 g/mol. The molecule has 0 radical (unpaired) electrons. The molecule has 3 unspecified atom stereocenters. The van der Waals surface area contributed by atoms with E-state index in [2.05, 4.69) is 17.6 Å². The predicted molar refractivity (Wildman–Crippen MR) is 76.5 cm³/mol. The molecule has 0 aliphatic carbocycles. The second-order valence-electron chi connectivity index (χ2n) is 5.39. The van der Waals surface area contributed by atoms with Crippen LogP contribution in [0.2, 0.25) is 5.02 Å². The Hall–Kier alpha value is -1.26. The van der Waals surface area contributed by atoms with Crippen LogP contribution in [-0.4, -0.2) is 36.6 Å². The molecule has 2 heterocycles. The van der Waals surface area contributed by atoms with Crippen LogP contribution in [0.15, 0.2) is 24.3 Å². The number of likely N-dealkylation sites (tertiary alicyclic amines) is 1. The molecule has 2 fully saturated rings. The maximum absolute atomic E-state index is 12.3. The number of carbonyl (C=O) groups excluding carboxylic acids is 1. The standard InChI is InChI=1S/C14H18ClN3O/c1-9-11-7-16-6-10(11)8-18(9)14(19)17-13-5-3-2-4-12(13)15/h2-5,9-11,16H,6-8H2,1H3,(H,17,19). The average Bonchev–Trinajstić information content (AvgIpc) is 2.96. The molecule has 3 atom stereocenters. The Balaban J connectivity index is 1.70. The van der Waals surface area contributed by atoms with Crippen molar-refractivity contribution in [3.8, 4) is 0 Å². The number of para-hydroxylation sites is 1. The van der Waals surface area contributed by atoms with Gasteiger partial charge in [0.25, 0.3) is 0 Å². The first-order valence-corrected chi connectivity index (χ1v) is 7.07. The third kappa shape index (κ3) is 2.30. The minimum absolute atomic E-state index is 0.0463. The zero-order valence-corrected chi connectivity index (χ0v) is 11.7. The zero-order chi connectivity index (χ0) is 13.4. The second-order valence-corrected chi connectivity index (χ2v) is 5.79. The minimum atomic E-state index is -0.0463. The summed E-state index contributed by atoms with van der Waals surface area (Å²) in [6, 6.07) is 7.56. The SMILES string of the molecule is CC1C2CNCC2CN1C(=O)Nc1ccccc1Cl. The van der Waals surface area contributed by atoms with Crippen molar-refractivity contribution in [2.24, 2.45) is 11.8 Å². The summed E-state index contributed by atoms with van der Waals surface area (Å²) in [5, 5.41) is 6.87. The van der Waals surface area contributed by atoms with E-state index in [0.717, 1.165) is 19.6 Å². The van der Waals surface area contributed by atoms with E-state index in [0.29, 0.717) is 22.5 Å². The van der Waals surface area contributed by atoms with Crippen molar-refractivity contribution in [3.63, 3.8) is 0 Å². The summed E-state index contributed by atoms with van der Waals surface area (Å²) in [5.74, 6) is 1.17. The van der Waals surface area contributed by atoms with Gasteiger partial charge in [0.15, 0.2) is 0 Å². The summed E-state index contributed by atoms with van der Waals surface area (Å²) in [6.07, 6.45) is 0. The first-order chi connectivity index (χ1) is 9.16. The highest BCUT2D eigenvalue weighted by Gasteiger charge is 2.43. The number of hydrogen-bond acceptors (Lipinski definition) is 2. The fourth-order valence-corrected chi connectivity index (χ4v) is 3.37. The summed E-state index contributed by atoms with van der Waals surface area (Å²) >= 11 is 6.06. The van der Waals surface area contributed by atoms with E-state index in [4.69, 9.17) is 11.6 Å². The predicted octanol–water partition coefficient (Wildman–Crippen LogP) is 2.41. The maximum Gasteiger partial charge on any atom is 0.322 e. The maximum atomic E-state index is 12.3. The van der Waals surface area contributed by atoms with Gasteiger partial charge < -0.3 is 15.5 Å². The van der Waals surface area contributed by atoms with Gasteiger partial charge in [0, 0.05) is 25.7 Å². The molecule has 5 heteroatoms. The van der Waals surface area contributed by atoms with E-state index in [9.17, 15) is 4.79 Å². The van der Waals surface area contributed by atoms with Crippen molar-refractivity contribution in [2.75, 3.05) is 25.0 Å². The van der Waals surface area contributed by atoms with Crippen molar-refractivity contribution in [1.82, 2.24) is 10.2 Å². The molecule has 2 amide bonds. The van der Waals surface area contributed by atoms with E-state index in [1.54, 1.807) is 6.07 Å². The molecular formula is C14H18ClN3O. The van der Waals surface area contributed by atoms with Crippen molar-refractivity contribution in [2.45, 2.75) is 13.0 Å². The number of urea groups is 1. The Morgan fingerprint density at radius 3 is 2.95 bits per heavy atom. The van der Waals surface area contributed by atoms with Gasteiger partial charge in [-0.15, -0.1) is 0 Å². The van der Waals surface area contributed by atoms with E-state index in [1.165, 1.54) is 0 Å². The minimum Gasteiger partial charge on any atom is -0.321 e. The monoisotopic (exact) mass is 279 g/mol. The summed E-state index contributed by atoms with van der Waals surface area (Å²) in [5.41, 5.74) is 0.677. The molecule has 1 aromatic rings. The molecule has 3 rings (SSSR count). The first-order valence-electron chi connectivity index (χ1n) is 6.69. The van der Waals surface area contributed by atoms with Gasteiger partial charge >= 0.3 is 6.03 Å². The van der Waals surface area contributed by atoms with Gasteiger partial charge in [-0.1, -0.05) is 23.7 Å². The molecule has 19 heavy (non-hydrogen) atoms. The largest absolute Gasteiger partial charge is 0.322 e. The highest BCUT2D eigenvalue weighted by Crippen LogP contribution is 2.33. The molecule has 0 spiro atoms. The van der Waals surface area contributed by atoms with Gasteiger partial charge in [0.1, 0.15) is 0 Å². The molecule has 4 nitrogen and oxygen atoms in total. The van der Waals surface area contributed by atoms with Crippen LogP contribution in [0.5, 0.6) is 0 Å². The molecule has 2 N–H and O–H groups in total.